The summed E-state index contributed by atoms with van der Waals surface area (Å²) in [7, 11) is -3.75. The molecule has 0 aliphatic rings. The van der Waals surface area contributed by atoms with Crippen molar-refractivity contribution in [2.75, 3.05) is 10.5 Å². The van der Waals surface area contributed by atoms with Crippen molar-refractivity contribution in [1.82, 2.24) is 10.2 Å². The zero-order valence-electron chi connectivity index (χ0n) is 11.6. The van der Waals surface area contributed by atoms with Crippen LogP contribution in [-0.4, -0.2) is 18.6 Å². The molecule has 6 nitrogen and oxygen atoms in total. The van der Waals surface area contributed by atoms with Gasteiger partial charge in [0, 0.05) is 0 Å². The summed E-state index contributed by atoms with van der Waals surface area (Å²) in [4.78, 5) is -0.0459. The molecule has 2 aromatic rings. The number of hydrogen-bond donors (Lipinski definition) is 3. The summed E-state index contributed by atoms with van der Waals surface area (Å²) in [5.74, 6) is 0.228. The highest BCUT2D eigenvalue weighted by Crippen LogP contribution is 2.30. The van der Waals surface area contributed by atoms with E-state index in [9.17, 15) is 8.42 Å². The van der Waals surface area contributed by atoms with E-state index < -0.39 is 10.0 Å². The first-order chi connectivity index (χ1) is 9.33. The number of rotatable bonds is 4. The van der Waals surface area contributed by atoms with Crippen LogP contribution in [0.5, 0.6) is 0 Å². The van der Waals surface area contributed by atoms with E-state index in [1.54, 1.807) is 0 Å². The molecule has 20 heavy (non-hydrogen) atoms. The highest BCUT2D eigenvalue weighted by atomic mass is 32.2. The monoisotopic (exact) mass is 294 g/mol. The maximum Gasteiger partial charge on any atom is 0.267 e. The van der Waals surface area contributed by atoms with Crippen LogP contribution in [0.25, 0.3) is 0 Å². The predicted molar refractivity (Wildman–Crippen MR) is 79.1 cm³/mol. The summed E-state index contributed by atoms with van der Waals surface area (Å²) in [6.45, 7) is 5.89. The van der Waals surface area contributed by atoms with E-state index in [2.05, 4.69) is 14.9 Å². The average Bonchev–Trinajstić information content (AvgIpc) is 2.78. The second kappa shape index (κ2) is 5.16. The molecule has 1 aromatic carbocycles. The SMILES string of the molecule is Cc1cccc(C(C)C)c1NS(=O)(=O)c1cn[nH]c1N. The molecule has 0 spiro atoms. The van der Waals surface area contributed by atoms with Crippen molar-refractivity contribution in [3.63, 3.8) is 0 Å². The van der Waals surface area contributed by atoms with Gasteiger partial charge in [0.15, 0.2) is 0 Å². The number of aromatic amines is 1. The highest BCUT2D eigenvalue weighted by molar-refractivity contribution is 7.92. The molecule has 0 saturated carbocycles. The molecule has 4 N–H and O–H groups in total. The number of nitrogens with zero attached hydrogens (tertiary/aromatic N) is 1. The maximum absolute atomic E-state index is 12.4. The number of anilines is 2. The van der Waals surface area contributed by atoms with Gasteiger partial charge in [-0.15, -0.1) is 0 Å². The van der Waals surface area contributed by atoms with Gasteiger partial charge in [0.05, 0.1) is 11.9 Å². The van der Waals surface area contributed by atoms with Gasteiger partial charge in [-0.05, 0) is 24.0 Å². The molecule has 0 aliphatic heterocycles. The number of hydrogen-bond acceptors (Lipinski definition) is 4. The normalized spacial score (nSPS) is 11.8. The van der Waals surface area contributed by atoms with Crippen LogP contribution in [0, 0.1) is 6.92 Å². The first kappa shape index (κ1) is 14.4. The van der Waals surface area contributed by atoms with Crippen molar-refractivity contribution >= 4 is 21.5 Å². The van der Waals surface area contributed by atoms with Crippen molar-refractivity contribution in [1.29, 1.82) is 0 Å². The van der Waals surface area contributed by atoms with Gasteiger partial charge in [-0.3, -0.25) is 9.82 Å². The van der Waals surface area contributed by atoms with E-state index in [0.29, 0.717) is 5.69 Å². The zero-order valence-corrected chi connectivity index (χ0v) is 12.5. The van der Waals surface area contributed by atoms with E-state index in [1.165, 1.54) is 6.20 Å². The summed E-state index contributed by atoms with van der Waals surface area (Å²) in [6, 6.07) is 5.69. The van der Waals surface area contributed by atoms with E-state index in [1.807, 2.05) is 39.0 Å². The van der Waals surface area contributed by atoms with Gasteiger partial charge in [0.2, 0.25) is 0 Å². The number of H-pyrrole nitrogens is 1. The van der Waals surface area contributed by atoms with Crippen LogP contribution in [0.3, 0.4) is 0 Å². The van der Waals surface area contributed by atoms with Gasteiger partial charge in [0.1, 0.15) is 10.7 Å². The smallest absolute Gasteiger partial charge is 0.267 e. The van der Waals surface area contributed by atoms with Gasteiger partial charge in [0.25, 0.3) is 10.0 Å². The number of nitrogens with two attached hydrogens (primary N) is 1. The third kappa shape index (κ3) is 2.62. The molecule has 0 atom stereocenters. The first-order valence-electron chi connectivity index (χ1n) is 6.24. The molecular weight excluding hydrogens is 276 g/mol. The number of nitrogens with one attached hydrogen (secondary N) is 2. The van der Waals surface area contributed by atoms with Crippen LogP contribution < -0.4 is 10.5 Å². The summed E-state index contributed by atoms with van der Waals surface area (Å²) in [5, 5.41) is 6.06. The number of nitrogen functional groups attached to an aromatic ring is 1. The van der Waals surface area contributed by atoms with Crippen LogP contribution in [0.1, 0.15) is 30.9 Å². The Morgan fingerprint density at radius 1 is 1.35 bits per heavy atom. The standard InChI is InChI=1S/C13H18N4O2S/c1-8(2)10-6-4-5-9(3)12(10)17-20(18,19)11-7-15-16-13(11)14/h4-8,17H,1-3H3,(H3,14,15,16). The Bertz CT molecular complexity index is 720. The van der Waals surface area contributed by atoms with Crippen LogP contribution in [0.4, 0.5) is 11.5 Å². The highest BCUT2D eigenvalue weighted by Gasteiger charge is 2.22. The molecule has 108 valence electrons. The largest absolute Gasteiger partial charge is 0.383 e. The third-order valence-corrected chi connectivity index (χ3v) is 4.46. The lowest BCUT2D eigenvalue weighted by molar-refractivity contribution is 0.601. The molecule has 0 saturated heterocycles. The van der Waals surface area contributed by atoms with E-state index in [4.69, 9.17) is 5.73 Å². The van der Waals surface area contributed by atoms with E-state index >= 15 is 0 Å². The van der Waals surface area contributed by atoms with Crippen LogP contribution in [0.2, 0.25) is 0 Å². The van der Waals surface area contributed by atoms with Crippen molar-refractivity contribution < 1.29 is 8.42 Å². The van der Waals surface area contributed by atoms with Gasteiger partial charge in [-0.25, -0.2) is 8.42 Å². The molecular formula is C13H18N4O2S. The molecule has 1 aromatic heterocycles. The van der Waals surface area contributed by atoms with Crippen molar-refractivity contribution in [3.8, 4) is 0 Å². The maximum atomic E-state index is 12.4. The number of sulfonamides is 1. The lowest BCUT2D eigenvalue weighted by Crippen LogP contribution is -2.16. The van der Waals surface area contributed by atoms with E-state index in [-0.39, 0.29) is 16.6 Å². The van der Waals surface area contributed by atoms with Crippen LogP contribution >= 0.6 is 0 Å². The molecule has 0 radical (unpaired) electrons. The number of benzene rings is 1. The van der Waals surface area contributed by atoms with Gasteiger partial charge < -0.3 is 5.73 Å². The predicted octanol–water partition coefficient (Wildman–Crippen LogP) is 2.22. The lowest BCUT2D eigenvalue weighted by Gasteiger charge is -2.17. The zero-order chi connectivity index (χ0) is 14.9. The van der Waals surface area contributed by atoms with Crippen LogP contribution in [-0.2, 0) is 10.0 Å². The molecule has 0 fully saturated rings. The second-order valence-corrected chi connectivity index (χ2v) is 6.60. The lowest BCUT2D eigenvalue weighted by atomic mass is 9.99. The quantitative estimate of drug-likeness (QED) is 0.804. The first-order valence-corrected chi connectivity index (χ1v) is 7.72. The number of para-hydroxylation sites is 1. The summed E-state index contributed by atoms with van der Waals surface area (Å²) in [6.07, 6.45) is 1.20. The van der Waals surface area contributed by atoms with Crippen molar-refractivity contribution in [3.05, 3.63) is 35.5 Å². The van der Waals surface area contributed by atoms with Gasteiger partial charge in [-0.2, -0.15) is 5.10 Å². The number of aromatic nitrogens is 2. The molecule has 0 amide bonds. The Morgan fingerprint density at radius 3 is 2.60 bits per heavy atom. The van der Waals surface area contributed by atoms with Crippen molar-refractivity contribution in [2.45, 2.75) is 31.6 Å². The Morgan fingerprint density at radius 2 is 2.05 bits per heavy atom. The summed E-state index contributed by atoms with van der Waals surface area (Å²) >= 11 is 0. The molecule has 0 bridgehead atoms. The van der Waals surface area contributed by atoms with Crippen LogP contribution in [0.15, 0.2) is 29.3 Å². The number of aryl methyl sites for hydroxylation is 1. The van der Waals surface area contributed by atoms with E-state index in [0.717, 1.165) is 11.1 Å². The Kier molecular flexibility index (Phi) is 3.71. The average molecular weight is 294 g/mol. The fourth-order valence-corrected chi connectivity index (χ4v) is 3.18. The van der Waals surface area contributed by atoms with Gasteiger partial charge in [-0.1, -0.05) is 32.0 Å². The molecule has 0 aliphatic carbocycles. The van der Waals surface area contributed by atoms with Crippen molar-refractivity contribution in [2.24, 2.45) is 0 Å². The second-order valence-electron chi connectivity index (χ2n) is 4.95. The van der Waals surface area contributed by atoms with Gasteiger partial charge >= 0.3 is 0 Å². The molecule has 0 unspecified atom stereocenters. The Hall–Kier alpha value is -2.02. The molecule has 1 heterocycles. The Labute approximate surface area is 118 Å². The summed E-state index contributed by atoms with van der Waals surface area (Å²) < 4.78 is 27.3. The minimum Gasteiger partial charge on any atom is -0.383 e. The fourth-order valence-electron chi connectivity index (χ4n) is 2.00. The third-order valence-electron chi connectivity index (χ3n) is 3.09. The minimum absolute atomic E-state index is 0.0252. The molecule has 7 heteroatoms. The fraction of sp³-hybridized carbons (Fsp3) is 0.308. The molecule has 2 rings (SSSR count). The minimum atomic E-state index is -3.75. The topological polar surface area (TPSA) is 101 Å². The Balaban J connectivity index is 2.48. The summed E-state index contributed by atoms with van der Waals surface area (Å²) in [5.41, 5.74) is 7.98.